The number of rotatable bonds is 10. The first-order valence-electron chi connectivity index (χ1n) is 48.5. The van der Waals surface area contributed by atoms with E-state index in [0.29, 0.717) is 0 Å². The van der Waals surface area contributed by atoms with Crippen LogP contribution in [-0.2, 0) is 10.8 Å². The summed E-state index contributed by atoms with van der Waals surface area (Å²) in [5.74, 6) is 0. The van der Waals surface area contributed by atoms with E-state index in [2.05, 4.69) is 550 Å². The second kappa shape index (κ2) is 31.1. The predicted molar refractivity (Wildman–Crippen MR) is 583 cm³/mol. The van der Waals surface area contributed by atoms with Crippen LogP contribution in [0.25, 0.3) is 177 Å². The third-order valence-corrected chi connectivity index (χ3v) is 30.6. The molecule has 22 aromatic carbocycles. The van der Waals surface area contributed by atoms with Gasteiger partial charge in [-0.15, -0.1) is 0 Å². The van der Waals surface area contributed by atoms with E-state index in [-0.39, 0.29) is 0 Å². The highest BCUT2D eigenvalue weighted by atomic mass is 15.2. The zero-order valence-corrected chi connectivity index (χ0v) is 76.3. The van der Waals surface area contributed by atoms with Gasteiger partial charge in [-0.05, 0) is 281 Å². The highest BCUT2D eigenvalue weighted by Crippen LogP contribution is 2.68. The molecule has 0 fully saturated rings. The average molecular weight is 1780 g/mol. The van der Waals surface area contributed by atoms with E-state index in [4.69, 9.17) is 0 Å². The molecule has 6 heterocycles. The Bertz CT molecular complexity index is 9260. The van der Waals surface area contributed by atoms with Crippen molar-refractivity contribution in [1.29, 1.82) is 0 Å². The Morgan fingerprint density at radius 2 is 0.336 bits per heavy atom. The molecule has 6 nitrogen and oxygen atoms in total. The summed E-state index contributed by atoms with van der Waals surface area (Å²) < 4.78 is 9.94. The minimum atomic E-state index is -0.716. The molecule has 0 radical (unpaired) electrons. The lowest BCUT2D eigenvalue weighted by Gasteiger charge is -2.45. The number of hydrogen-bond acceptors (Lipinski definition) is 2. The third kappa shape index (κ3) is 11.6. The first-order valence-corrected chi connectivity index (χ1v) is 48.5. The molecule has 0 amide bonds. The highest BCUT2D eigenvalue weighted by molar-refractivity contribution is 6.19. The lowest BCUT2D eigenvalue weighted by atomic mass is 9.64. The van der Waals surface area contributed by atoms with Crippen LogP contribution in [0, 0.1) is 0 Å². The van der Waals surface area contributed by atoms with Crippen LogP contribution in [0.2, 0.25) is 0 Å². The highest BCUT2D eigenvalue weighted by Gasteiger charge is 2.55. The number of fused-ring (bicyclic) bond motifs is 30. The molecule has 652 valence electrons. The van der Waals surface area contributed by atoms with Crippen molar-refractivity contribution < 1.29 is 0 Å². The zero-order valence-electron chi connectivity index (χ0n) is 76.3. The van der Waals surface area contributed by atoms with E-state index in [1.165, 1.54) is 221 Å². The number of anilines is 6. The van der Waals surface area contributed by atoms with Crippen molar-refractivity contribution in [3.8, 4) is 89.5 Å². The summed E-state index contributed by atoms with van der Waals surface area (Å²) in [6.07, 6.45) is 0. The second-order valence-corrected chi connectivity index (χ2v) is 37.6. The Morgan fingerprint density at radius 3 is 0.643 bits per heavy atom. The topological polar surface area (TPSA) is 26.2 Å². The van der Waals surface area contributed by atoms with Gasteiger partial charge < -0.3 is 28.1 Å². The van der Waals surface area contributed by atoms with E-state index >= 15 is 0 Å². The van der Waals surface area contributed by atoms with Crippen LogP contribution < -0.4 is 9.80 Å². The molecular formula is C134H86N6. The largest absolute Gasteiger partial charge is 0.310 e. The van der Waals surface area contributed by atoms with Crippen molar-refractivity contribution in [3.05, 3.63) is 566 Å². The Balaban J connectivity index is 0.000000142. The summed E-state index contributed by atoms with van der Waals surface area (Å²) in [7, 11) is 0. The van der Waals surface area contributed by atoms with Gasteiger partial charge in [0.2, 0.25) is 0 Å². The molecule has 4 aliphatic rings. The van der Waals surface area contributed by atoms with Crippen LogP contribution in [0.15, 0.2) is 522 Å². The zero-order chi connectivity index (χ0) is 91.8. The summed E-state index contributed by atoms with van der Waals surface area (Å²) in [5.41, 5.74) is 44.8. The minimum absolute atomic E-state index is 0.624. The molecule has 0 unspecified atom stereocenters. The van der Waals surface area contributed by atoms with Gasteiger partial charge in [0.25, 0.3) is 0 Å². The van der Waals surface area contributed by atoms with Crippen LogP contribution >= 0.6 is 0 Å². The Labute approximate surface area is 810 Å². The smallest absolute Gasteiger partial charge is 0.0755 e. The standard InChI is InChI=1S/C79H51N3.C55H35N3/c1-4-19-52(20-5-1)54-35-37-56(38-36-54)57-43-45-61(46-44-57)80-73-31-14-10-27-63(73)67-48-65-66-49-68-64-28-11-15-32-74(64)82(62-26-18-23-59(47-62)58-41-39-55(40-42-58)53-21-6-2-7-22-53)78(68)51-72(66)79(71(65)50-77(67)80)69-29-12-16-33-75(69)81(60-24-8-3-9-25-60)76-34-17-13-30-70(76)79;1-4-18-36(19-5-1)56-49-28-14-10-24-39(49)43-32-41-42-33-44-40-25-11-15-29-50(40)57(37-20-6-2-7-21-37)54(44)35-48(42)55(47(41)34-53(43)56)45-26-12-16-30-51(45)58(38-22-8-3-9-23-38)52-31-17-13-27-46(52)55/h1-51H;1-35H. The Kier molecular flexibility index (Phi) is 17.6. The maximum atomic E-state index is 2.57. The van der Waals surface area contributed by atoms with Crippen molar-refractivity contribution in [2.45, 2.75) is 10.8 Å². The van der Waals surface area contributed by atoms with Gasteiger partial charge in [-0.1, -0.05) is 352 Å². The maximum absolute atomic E-state index is 2.57. The number of aromatic nitrogens is 4. The first-order chi connectivity index (χ1) is 69.5. The van der Waals surface area contributed by atoms with Gasteiger partial charge >= 0.3 is 0 Å². The number of benzene rings is 22. The molecule has 2 aliphatic heterocycles. The average Bonchev–Trinajstić information content (AvgIpc) is 1.51. The van der Waals surface area contributed by atoms with E-state index in [1.54, 1.807) is 0 Å². The van der Waals surface area contributed by atoms with Gasteiger partial charge in [-0.25, -0.2) is 0 Å². The van der Waals surface area contributed by atoms with Crippen LogP contribution in [0.1, 0.15) is 44.5 Å². The number of nitrogens with zero attached hydrogens (tertiary/aromatic N) is 6. The molecule has 0 saturated carbocycles. The molecule has 4 aromatic heterocycles. The number of hydrogen-bond donors (Lipinski definition) is 0. The Hall–Kier alpha value is -18.4. The van der Waals surface area contributed by atoms with E-state index in [0.717, 1.165) is 34.1 Å². The van der Waals surface area contributed by atoms with Gasteiger partial charge in [0.15, 0.2) is 0 Å². The number of para-hydroxylation sites is 12. The molecule has 0 atom stereocenters. The summed E-state index contributed by atoms with van der Waals surface area (Å²) in [6.45, 7) is 0. The molecule has 26 aromatic rings. The molecule has 2 aliphatic carbocycles. The van der Waals surface area contributed by atoms with Gasteiger partial charge in [0.1, 0.15) is 0 Å². The summed E-state index contributed by atoms with van der Waals surface area (Å²) >= 11 is 0. The van der Waals surface area contributed by atoms with Crippen molar-refractivity contribution in [2.75, 3.05) is 9.80 Å². The van der Waals surface area contributed by atoms with E-state index < -0.39 is 10.8 Å². The molecule has 0 saturated heterocycles. The molecule has 6 heteroatoms. The van der Waals surface area contributed by atoms with Gasteiger partial charge in [-0.2, -0.15) is 0 Å². The summed E-state index contributed by atoms with van der Waals surface area (Å²) in [6, 6.07) is 194. The van der Waals surface area contributed by atoms with Crippen LogP contribution in [0.5, 0.6) is 0 Å². The molecule has 0 bridgehead atoms. The molecule has 2 spiro atoms. The first kappa shape index (κ1) is 79.1. The second-order valence-electron chi connectivity index (χ2n) is 37.6. The van der Waals surface area contributed by atoms with Crippen molar-refractivity contribution in [2.24, 2.45) is 0 Å². The Morgan fingerprint density at radius 1 is 0.121 bits per heavy atom. The lowest BCUT2D eigenvalue weighted by molar-refractivity contribution is 0.754. The molecule has 0 N–H and O–H groups in total. The van der Waals surface area contributed by atoms with Crippen LogP contribution in [0.4, 0.5) is 34.1 Å². The van der Waals surface area contributed by atoms with E-state index in [9.17, 15) is 0 Å². The van der Waals surface area contributed by atoms with Crippen molar-refractivity contribution in [3.63, 3.8) is 0 Å². The van der Waals surface area contributed by atoms with Crippen molar-refractivity contribution >= 4 is 121 Å². The fourth-order valence-electron chi connectivity index (χ4n) is 24.7. The summed E-state index contributed by atoms with van der Waals surface area (Å²) in [5, 5.41) is 9.96. The monoisotopic (exact) mass is 1780 g/mol. The maximum Gasteiger partial charge on any atom is 0.0755 e. The minimum Gasteiger partial charge on any atom is -0.310 e. The fraction of sp³-hybridized carbons (Fsp3) is 0.0149. The van der Waals surface area contributed by atoms with Gasteiger partial charge in [-0.3, -0.25) is 0 Å². The normalized spacial score (nSPS) is 13.2. The lowest BCUT2D eigenvalue weighted by Crippen LogP contribution is -2.36. The quantitative estimate of drug-likeness (QED) is 0.136. The van der Waals surface area contributed by atoms with Crippen LogP contribution in [0.3, 0.4) is 0 Å². The third-order valence-electron chi connectivity index (χ3n) is 30.6. The van der Waals surface area contributed by atoms with Gasteiger partial charge in [0, 0.05) is 77.2 Å². The molecular weight excluding hydrogens is 1690 g/mol. The fourth-order valence-corrected chi connectivity index (χ4v) is 24.7. The van der Waals surface area contributed by atoms with E-state index in [1.807, 2.05) is 0 Å². The van der Waals surface area contributed by atoms with Crippen molar-refractivity contribution in [1.82, 2.24) is 18.3 Å². The van der Waals surface area contributed by atoms with Crippen LogP contribution in [-0.4, -0.2) is 18.3 Å². The van der Waals surface area contributed by atoms with Gasteiger partial charge in [0.05, 0.1) is 77.7 Å². The SMILES string of the molecule is c1ccc(-c2ccc(-c3ccc(-n4c5ccccc5c5cc6c(cc54)C4(c5cc7c(cc5-6)c5ccccc5n7-c5cccc(-c6ccc(-c7ccccc7)cc6)c5)c5ccccc5N(c5ccccc5)c5ccccc54)cc3)cc2)cc1.c1ccc(N2c3ccccc3C3(c4cc5c(cc4-c4cc6c7ccccc7n(-c7ccccc7)c6cc43)c3ccccc3n5-c3ccccc3)c3ccccc32)cc1. The predicted octanol–water partition coefficient (Wildman–Crippen LogP) is 34.7. The molecule has 30 rings (SSSR count). The molecule has 140 heavy (non-hydrogen) atoms. The summed E-state index contributed by atoms with van der Waals surface area (Å²) in [4.78, 5) is 4.94.